The van der Waals surface area contributed by atoms with Crippen molar-refractivity contribution in [1.29, 1.82) is 0 Å². The van der Waals surface area contributed by atoms with Gasteiger partial charge in [-0.2, -0.15) is 0 Å². The van der Waals surface area contributed by atoms with E-state index in [0.717, 1.165) is 12.0 Å². The van der Waals surface area contributed by atoms with Crippen LogP contribution in [0, 0.1) is 18.7 Å². The van der Waals surface area contributed by atoms with Gasteiger partial charge >= 0.3 is 6.03 Å². The number of anilines is 1. The normalized spacial score (nSPS) is 13.7. The molecular formula is C14H21FN2O2. The maximum Gasteiger partial charge on any atom is 0.319 e. The van der Waals surface area contributed by atoms with Crippen molar-refractivity contribution in [2.75, 3.05) is 11.9 Å². The number of hydrogen-bond acceptors (Lipinski definition) is 2. The molecule has 0 bridgehead atoms. The van der Waals surface area contributed by atoms with E-state index in [1.54, 1.807) is 12.1 Å². The minimum atomic E-state index is -0.510. The molecule has 106 valence electrons. The van der Waals surface area contributed by atoms with Gasteiger partial charge in [-0.25, -0.2) is 9.18 Å². The molecule has 1 aromatic carbocycles. The summed E-state index contributed by atoms with van der Waals surface area (Å²) in [7, 11) is 0. The fourth-order valence-electron chi connectivity index (χ4n) is 1.71. The molecule has 2 atom stereocenters. The van der Waals surface area contributed by atoms with Gasteiger partial charge in [0.25, 0.3) is 0 Å². The van der Waals surface area contributed by atoms with Crippen molar-refractivity contribution < 1.29 is 14.3 Å². The number of nitrogens with one attached hydrogen (secondary N) is 2. The molecule has 19 heavy (non-hydrogen) atoms. The lowest BCUT2D eigenvalue weighted by molar-refractivity contribution is 0.198. The average Bonchev–Trinajstić information content (AvgIpc) is 2.39. The Morgan fingerprint density at radius 1 is 1.47 bits per heavy atom. The van der Waals surface area contributed by atoms with Gasteiger partial charge < -0.3 is 15.7 Å². The Morgan fingerprint density at radius 3 is 2.74 bits per heavy atom. The SMILES string of the molecule is CC[C@H](C)[C@H](CO)NC(=O)Nc1cc(C)ccc1F. The Hall–Kier alpha value is -1.62. The molecule has 0 fully saturated rings. The van der Waals surface area contributed by atoms with E-state index in [0.29, 0.717) is 0 Å². The van der Waals surface area contributed by atoms with Crippen LogP contribution in [-0.4, -0.2) is 23.8 Å². The Labute approximate surface area is 113 Å². The second-order valence-electron chi connectivity index (χ2n) is 4.76. The van der Waals surface area contributed by atoms with Gasteiger partial charge in [0.2, 0.25) is 0 Å². The highest BCUT2D eigenvalue weighted by Crippen LogP contribution is 2.15. The van der Waals surface area contributed by atoms with E-state index in [4.69, 9.17) is 0 Å². The molecule has 0 aromatic heterocycles. The number of aryl methyl sites for hydroxylation is 1. The van der Waals surface area contributed by atoms with E-state index in [1.165, 1.54) is 6.07 Å². The number of aliphatic hydroxyl groups excluding tert-OH is 1. The summed E-state index contributed by atoms with van der Waals surface area (Å²) in [6.45, 7) is 5.60. The molecule has 0 saturated heterocycles. The van der Waals surface area contributed by atoms with Gasteiger partial charge in [-0.1, -0.05) is 26.3 Å². The number of rotatable bonds is 5. The van der Waals surface area contributed by atoms with Crippen LogP contribution < -0.4 is 10.6 Å². The molecule has 0 unspecified atom stereocenters. The topological polar surface area (TPSA) is 61.4 Å². The number of benzene rings is 1. The summed E-state index contributed by atoms with van der Waals surface area (Å²) in [4.78, 5) is 11.8. The number of halogens is 1. The Kier molecular flexibility index (Phi) is 5.76. The van der Waals surface area contributed by atoms with Gasteiger partial charge in [0.05, 0.1) is 18.3 Å². The third kappa shape index (κ3) is 4.52. The second kappa shape index (κ2) is 7.09. The average molecular weight is 268 g/mol. The van der Waals surface area contributed by atoms with Gasteiger partial charge in [-0.3, -0.25) is 0 Å². The van der Waals surface area contributed by atoms with Crippen LogP contribution in [0.4, 0.5) is 14.9 Å². The fourth-order valence-corrected chi connectivity index (χ4v) is 1.71. The van der Waals surface area contributed by atoms with Crippen LogP contribution in [0.2, 0.25) is 0 Å². The summed E-state index contributed by atoms with van der Waals surface area (Å²) < 4.78 is 13.5. The molecule has 1 rings (SSSR count). The van der Waals surface area contributed by atoms with Crippen molar-refractivity contribution in [1.82, 2.24) is 5.32 Å². The summed E-state index contributed by atoms with van der Waals surface area (Å²) in [6.07, 6.45) is 0.838. The van der Waals surface area contributed by atoms with Gasteiger partial charge in [0.1, 0.15) is 5.82 Å². The quantitative estimate of drug-likeness (QED) is 0.769. The molecule has 4 nitrogen and oxygen atoms in total. The molecule has 0 spiro atoms. The van der Waals surface area contributed by atoms with Gasteiger partial charge in [-0.05, 0) is 30.5 Å². The van der Waals surface area contributed by atoms with Crippen molar-refractivity contribution >= 4 is 11.7 Å². The molecule has 0 aliphatic heterocycles. The number of hydrogen-bond donors (Lipinski definition) is 3. The highest BCUT2D eigenvalue weighted by atomic mass is 19.1. The summed E-state index contributed by atoms with van der Waals surface area (Å²) in [5.41, 5.74) is 0.996. The van der Waals surface area contributed by atoms with Gasteiger partial charge in [0.15, 0.2) is 0 Å². The largest absolute Gasteiger partial charge is 0.394 e. The highest BCUT2D eigenvalue weighted by molar-refractivity contribution is 5.89. The zero-order chi connectivity index (χ0) is 14.4. The number of carbonyl (C=O) groups excluding carboxylic acids is 1. The van der Waals surface area contributed by atoms with Crippen LogP contribution in [-0.2, 0) is 0 Å². The molecular weight excluding hydrogens is 247 g/mol. The van der Waals surface area contributed by atoms with E-state index in [1.807, 2.05) is 20.8 Å². The van der Waals surface area contributed by atoms with Crippen LogP contribution in [0.3, 0.4) is 0 Å². The summed E-state index contributed by atoms with van der Waals surface area (Å²) in [5.74, 6) is -0.331. The Morgan fingerprint density at radius 2 is 2.16 bits per heavy atom. The van der Waals surface area contributed by atoms with Crippen LogP contribution in [0.1, 0.15) is 25.8 Å². The molecule has 0 heterocycles. The van der Waals surface area contributed by atoms with Crippen LogP contribution in [0.15, 0.2) is 18.2 Å². The highest BCUT2D eigenvalue weighted by Gasteiger charge is 2.17. The third-order valence-corrected chi connectivity index (χ3v) is 3.21. The van der Waals surface area contributed by atoms with E-state index in [-0.39, 0.29) is 24.3 Å². The monoisotopic (exact) mass is 268 g/mol. The first kappa shape index (κ1) is 15.4. The lowest BCUT2D eigenvalue weighted by Gasteiger charge is -2.22. The number of carbonyl (C=O) groups is 1. The minimum Gasteiger partial charge on any atom is -0.394 e. The summed E-state index contributed by atoms with van der Waals surface area (Å²) in [6, 6.07) is 3.66. The molecule has 5 heteroatoms. The molecule has 0 aliphatic carbocycles. The molecule has 0 aliphatic rings. The van der Waals surface area contributed by atoms with E-state index < -0.39 is 11.8 Å². The van der Waals surface area contributed by atoms with Gasteiger partial charge in [0, 0.05) is 0 Å². The third-order valence-electron chi connectivity index (χ3n) is 3.21. The lowest BCUT2D eigenvalue weighted by Crippen LogP contribution is -2.44. The van der Waals surface area contributed by atoms with Crippen molar-refractivity contribution in [2.24, 2.45) is 5.92 Å². The zero-order valence-electron chi connectivity index (χ0n) is 11.5. The first-order valence-electron chi connectivity index (χ1n) is 6.42. The maximum atomic E-state index is 13.5. The predicted octanol–water partition coefficient (Wildman–Crippen LogP) is 2.66. The lowest BCUT2D eigenvalue weighted by atomic mass is 10.0. The number of amides is 2. The van der Waals surface area contributed by atoms with Crippen molar-refractivity contribution in [3.8, 4) is 0 Å². The molecule has 3 N–H and O–H groups in total. The van der Waals surface area contributed by atoms with E-state index in [9.17, 15) is 14.3 Å². The summed E-state index contributed by atoms with van der Waals surface area (Å²) >= 11 is 0. The standard InChI is InChI=1S/C14H21FN2O2/c1-4-10(3)13(8-18)17-14(19)16-12-7-9(2)5-6-11(12)15/h5-7,10,13,18H,4,8H2,1-3H3,(H2,16,17,19)/t10-,13-/m0/s1. The minimum absolute atomic E-state index is 0.137. The zero-order valence-corrected chi connectivity index (χ0v) is 11.5. The first-order valence-corrected chi connectivity index (χ1v) is 6.42. The van der Waals surface area contributed by atoms with Crippen molar-refractivity contribution in [2.45, 2.75) is 33.2 Å². The first-order chi connectivity index (χ1) is 8.97. The maximum absolute atomic E-state index is 13.5. The van der Waals surface area contributed by atoms with Crippen molar-refractivity contribution in [3.63, 3.8) is 0 Å². The van der Waals surface area contributed by atoms with E-state index >= 15 is 0 Å². The number of urea groups is 1. The number of aliphatic hydroxyl groups is 1. The van der Waals surface area contributed by atoms with Gasteiger partial charge in [-0.15, -0.1) is 0 Å². The molecule has 0 radical (unpaired) electrons. The van der Waals surface area contributed by atoms with Crippen LogP contribution in [0.5, 0.6) is 0 Å². The second-order valence-corrected chi connectivity index (χ2v) is 4.76. The molecule has 2 amide bonds. The fraction of sp³-hybridized carbons (Fsp3) is 0.500. The predicted molar refractivity (Wildman–Crippen MR) is 73.6 cm³/mol. The smallest absolute Gasteiger partial charge is 0.319 e. The summed E-state index contributed by atoms with van der Waals surface area (Å²) in [5, 5.41) is 14.3. The molecule has 0 saturated carbocycles. The molecule has 1 aromatic rings. The Balaban J connectivity index is 2.66. The van der Waals surface area contributed by atoms with Crippen molar-refractivity contribution in [3.05, 3.63) is 29.6 Å². The van der Waals surface area contributed by atoms with E-state index in [2.05, 4.69) is 10.6 Å². The van der Waals surface area contributed by atoms with Crippen LogP contribution >= 0.6 is 0 Å². The van der Waals surface area contributed by atoms with Crippen LogP contribution in [0.25, 0.3) is 0 Å². The Bertz CT molecular complexity index is 437.